The average molecular weight is 427 g/mol. The van der Waals surface area contributed by atoms with Gasteiger partial charge in [-0.15, -0.1) is 0 Å². The van der Waals surface area contributed by atoms with Crippen molar-refractivity contribution in [1.29, 1.82) is 0 Å². The molecule has 2 aromatic carbocycles. The van der Waals surface area contributed by atoms with E-state index in [2.05, 4.69) is 14.9 Å². The fraction of sp³-hybridized carbons (Fsp3) is 0.208. The van der Waals surface area contributed by atoms with Gasteiger partial charge in [0.15, 0.2) is 0 Å². The van der Waals surface area contributed by atoms with Gasteiger partial charge in [0.1, 0.15) is 18.7 Å². The number of hydrogen-bond donors (Lipinski definition) is 0. The van der Waals surface area contributed by atoms with E-state index in [9.17, 15) is 14.4 Å². The molecule has 0 saturated carbocycles. The van der Waals surface area contributed by atoms with Crippen LogP contribution in [0.15, 0.2) is 67.0 Å². The summed E-state index contributed by atoms with van der Waals surface area (Å²) in [5, 5.41) is 0. The molecule has 3 heterocycles. The van der Waals surface area contributed by atoms with Crippen LogP contribution in [0.2, 0.25) is 0 Å². The summed E-state index contributed by atoms with van der Waals surface area (Å²) in [6, 6.07) is 18.5. The Balaban J connectivity index is 1.22. The molecular weight excluding hydrogens is 406 g/mol. The second-order valence-corrected chi connectivity index (χ2v) is 7.74. The van der Waals surface area contributed by atoms with Gasteiger partial charge in [-0.25, -0.2) is 9.97 Å². The molecule has 5 rings (SSSR count). The van der Waals surface area contributed by atoms with Gasteiger partial charge >= 0.3 is 0 Å². The monoisotopic (exact) mass is 427 g/mol. The molecule has 160 valence electrons. The summed E-state index contributed by atoms with van der Waals surface area (Å²) in [4.78, 5) is 51.5. The van der Waals surface area contributed by atoms with Crippen molar-refractivity contribution in [2.75, 3.05) is 37.6 Å². The number of piperazine rings is 1. The second kappa shape index (κ2) is 8.22. The largest absolute Gasteiger partial charge is 0.353 e. The Labute approximate surface area is 185 Å². The topological polar surface area (TPSA) is 86.7 Å². The average Bonchev–Trinajstić information content (AvgIpc) is 3.10. The summed E-state index contributed by atoms with van der Waals surface area (Å²) in [5.74, 6) is -0.239. The minimum absolute atomic E-state index is 0.230. The van der Waals surface area contributed by atoms with Crippen molar-refractivity contribution in [2.45, 2.75) is 0 Å². The molecule has 1 fully saturated rings. The SMILES string of the molecule is O=C(CN1C(=O)c2ccccc2C1=O)N1CCN(c2cc(-c3ccccc3)ncn2)CC1. The summed E-state index contributed by atoms with van der Waals surface area (Å²) in [5.41, 5.74) is 2.58. The van der Waals surface area contributed by atoms with Gasteiger partial charge in [-0.3, -0.25) is 19.3 Å². The van der Waals surface area contributed by atoms with Crippen LogP contribution in [0.3, 0.4) is 0 Å². The fourth-order valence-electron chi connectivity index (χ4n) is 4.09. The van der Waals surface area contributed by atoms with Crippen LogP contribution in [-0.2, 0) is 4.79 Å². The molecule has 3 amide bonds. The van der Waals surface area contributed by atoms with Gasteiger partial charge in [0.2, 0.25) is 5.91 Å². The van der Waals surface area contributed by atoms with Crippen molar-refractivity contribution in [3.8, 4) is 11.3 Å². The van der Waals surface area contributed by atoms with E-state index < -0.39 is 11.8 Å². The van der Waals surface area contributed by atoms with E-state index in [1.807, 2.05) is 36.4 Å². The van der Waals surface area contributed by atoms with Gasteiger partial charge in [-0.2, -0.15) is 0 Å². The molecule has 0 atom stereocenters. The van der Waals surface area contributed by atoms with Crippen LogP contribution in [0.5, 0.6) is 0 Å². The minimum atomic E-state index is -0.410. The first-order valence-corrected chi connectivity index (χ1v) is 10.5. The number of fused-ring (bicyclic) bond motifs is 1. The zero-order valence-corrected chi connectivity index (χ0v) is 17.3. The summed E-state index contributed by atoms with van der Waals surface area (Å²) >= 11 is 0. The Morgan fingerprint density at radius 2 is 1.44 bits per heavy atom. The fourth-order valence-corrected chi connectivity index (χ4v) is 4.09. The highest BCUT2D eigenvalue weighted by Crippen LogP contribution is 2.23. The lowest BCUT2D eigenvalue weighted by Gasteiger charge is -2.36. The maximum atomic E-state index is 12.8. The van der Waals surface area contributed by atoms with Gasteiger partial charge in [0.25, 0.3) is 11.8 Å². The third-order valence-electron chi connectivity index (χ3n) is 5.85. The number of anilines is 1. The molecule has 2 aliphatic heterocycles. The van der Waals surface area contributed by atoms with Gasteiger partial charge < -0.3 is 9.80 Å². The molecule has 8 heteroatoms. The van der Waals surface area contributed by atoms with Gasteiger partial charge in [0, 0.05) is 37.8 Å². The zero-order valence-electron chi connectivity index (χ0n) is 17.3. The van der Waals surface area contributed by atoms with Crippen molar-refractivity contribution < 1.29 is 14.4 Å². The predicted octanol–water partition coefficient (Wildman–Crippen LogP) is 2.09. The highest BCUT2D eigenvalue weighted by molar-refractivity contribution is 6.22. The van der Waals surface area contributed by atoms with Crippen molar-refractivity contribution in [3.63, 3.8) is 0 Å². The smallest absolute Gasteiger partial charge is 0.262 e. The Kier molecular flexibility index (Phi) is 5.10. The van der Waals surface area contributed by atoms with Gasteiger partial charge in [-0.1, -0.05) is 42.5 Å². The summed E-state index contributed by atoms with van der Waals surface area (Å²) < 4.78 is 0. The number of rotatable bonds is 4. The van der Waals surface area contributed by atoms with E-state index in [0.717, 1.165) is 22.0 Å². The van der Waals surface area contributed by atoms with E-state index in [1.165, 1.54) is 0 Å². The van der Waals surface area contributed by atoms with E-state index >= 15 is 0 Å². The Bertz CT molecular complexity index is 1150. The minimum Gasteiger partial charge on any atom is -0.353 e. The van der Waals surface area contributed by atoms with E-state index in [0.29, 0.717) is 37.3 Å². The second-order valence-electron chi connectivity index (χ2n) is 7.74. The van der Waals surface area contributed by atoms with Gasteiger partial charge in [0.05, 0.1) is 16.8 Å². The zero-order chi connectivity index (χ0) is 22.1. The summed E-state index contributed by atoms with van der Waals surface area (Å²) in [7, 11) is 0. The standard InChI is InChI=1S/C24H21N5O3/c30-22(15-29-23(31)18-8-4-5-9-19(18)24(29)32)28-12-10-27(11-13-28)21-14-20(25-16-26-21)17-6-2-1-3-7-17/h1-9,14,16H,10-13,15H2. The highest BCUT2D eigenvalue weighted by atomic mass is 16.2. The van der Waals surface area contributed by atoms with Crippen LogP contribution >= 0.6 is 0 Å². The summed E-state index contributed by atoms with van der Waals surface area (Å²) in [6.07, 6.45) is 1.55. The molecule has 2 aliphatic rings. The molecule has 0 unspecified atom stereocenters. The molecule has 0 N–H and O–H groups in total. The third-order valence-corrected chi connectivity index (χ3v) is 5.85. The van der Waals surface area contributed by atoms with E-state index in [1.54, 1.807) is 35.5 Å². The van der Waals surface area contributed by atoms with Crippen molar-refractivity contribution >= 4 is 23.5 Å². The first kappa shape index (κ1) is 19.9. The quantitative estimate of drug-likeness (QED) is 0.593. The molecule has 0 bridgehead atoms. The van der Waals surface area contributed by atoms with Crippen LogP contribution in [0.4, 0.5) is 5.82 Å². The third kappa shape index (κ3) is 3.60. The lowest BCUT2D eigenvalue weighted by molar-refractivity contribution is -0.131. The number of benzene rings is 2. The van der Waals surface area contributed by atoms with Crippen LogP contribution < -0.4 is 4.90 Å². The van der Waals surface area contributed by atoms with Crippen molar-refractivity contribution in [3.05, 3.63) is 78.1 Å². The maximum Gasteiger partial charge on any atom is 0.262 e. The molecule has 3 aromatic rings. The molecular formula is C24H21N5O3. The first-order valence-electron chi connectivity index (χ1n) is 10.5. The lowest BCUT2D eigenvalue weighted by Crippen LogP contribution is -2.52. The van der Waals surface area contributed by atoms with Crippen LogP contribution in [0, 0.1) is 0 Å². The van der Waals surface area contributed by atoms with Crippen molar-refractivity contribution in [1.82, 2.24) is 19.8 Å². The number of amides is 3. The molecule has 1 saturated heterocycles. The number of hydrogen-bond acceptors (Lipinski definition) is 6. The van der Waals surface area contributed by atoms with Crippen LogP contribution in [0.25, 0.3) is 11.3 Å². The number of carbonyl (C=O) groups is 3. The molecule has 1 aromatic heterocycles. The van der Waals surface area contributed by atoms with E-state index in [-0.39, 0.29) is 12.5 Å². The highest BCUT2D eigenvalue weighted by Gasteiger charge is 2.37. The number of aromatic nitrogens is 2. The predicted molar refractivity (Wildman–Crippen MR) is 118 cm³/mol. The Morgan fingerprint density at radius 3 is 2.09 bits per heavy atom. The summed E-state index contributed by atoms with van der Waals surface area (Å²) in [6.45, 7) is 1.97. The molecule has 8 nitrogen and oxygen atoms in total. The Morgan fingerprint density at radius 1 is 0.812 bits per heavy atom. The molecule has 0 radical (unpaired) electrons. The van der Waals surface area contributed by atoms with Crippen molar-refractivity contribution in [2.24, 2.45) is 0 Å². The van der Waals surface area contributed by atoms with Gasteiger partial charge in [-0.05, 0) is 12.1 Å². The molecule has 0 aliphatic carbocycles. The lowest BCUT2D eigenvalue weighted by atomic mass is 10.1. The number of carbonyl (C=O) groups excluding carboxylic acids is 3. The number of imide groups is 1. The Hall–Kier alpha value is -4.07. The molecule has 0 spiro atoms. The van der Waals surface area contributed by atoms with E-state index in [4.69, 9.17) is 0 Å². The number of nitrogens with zero attached hydrogens (tertiary/aromatic N) is 5. The van der Waals surface area contributed by atoms with Crippen LogP contribution in [-0.4, -0.2) is 70.2 Å². The molecule has 32 heavy (non-hydrogen) atoms. The maximum absolute atomic E-state index is 12.8. The normalized spacial score (nSPS) is 15.8. The first-order chi connectivity index (χ1) is 15.6. The van der Waals surface area contributed by atoms with Crippen LogP contribution in [0.1, 0.15) is 20.7 Å².